The topological polar surface area (TPSA) is 40.5 Å². The second-order valence-electron chi connectivity index (χ2n) is 4.39. The largest absolute Gasteiger partial charge is 0.481 e. The number of carbonyl (C=O) groups is 1. The number of carboxylic acids is 1. The van der Waals surface area contributed by atoms with Crippen molar-refractivity contribution < 1.29 is 9.90 Å². The van der Waals surface area contributed by atoms with E-state index in [1.165, 1.54) is 19.3 Å². The van der Waals surface area contributed by atoms with Gasteiger partial charge < -0.3 is 5.11 Å². The predicted molar refractivity (Wildman–Crippen MR) is 56.3 cm³/mol. The van der Waals surface area contributed by atoms with Gasteiger partial charge in [0.2, 0.25) is 0 Å². The Labute approximate surface area is 86.1 Å². The van der Waals surface area contributed by atoms with Crippen molar-refractivity contribution in [2.24, 2.45) is 5.92 Å². The van der Waals surface area contributed by atoms with Crippen molar-refractivity contribution in [3.8, 4) is 0 Å². The van der Waals surface area contributed by atoms with Gasteiger partial charge in [-0.05, 0) is 32.2 Å². The molecule has 1 saturated heterocycles. The van der Waals surface area contributed by atoms with E-state index in [4.69, 9.17) is 5.11 Å². The van der Waals surface area contributed by atoms with Gasteiger partial charge in [-0.2, -0.15) is 0 Å². The lowest BCUT2D eigenvalue weighted by Crippen LogP contribution is -2.32. The summed E-state index contributed by atoms with van der Waals surface area (Å²) in [5.41, 5.74) is 0. The second-order valence-corrected chi connectivity index (χ2v) is 4.39. The molecule has 2 unspecified atom stereocenters. The van der Waals surface area contributed by atoms with Gasteiger partial charge in [-0.15, -0.1) is 0 Å². The van der Waals surface area contributed by atoms with Gasteiger partial charge in [-0.1, -0.05) is 13.3 Å². The first-order valence-corrected chi connectivity index (χ1v) is 5.59. The van der Waals surface area contributed by atoms with Gasteiger partial charge in [0.1, 0.15) is 0 Å². The molecule has 1 N–H and O–H groups in total. The van der Waals surface area contributed by atoms with Gasteiger partial charge >= 0.3 is 5.97 Å². The molecule has 0 aromatic heterocycles. The molecule has 1 aliphatic rings. The van der Waals surface area contributed by atoms with Crippen LogP contribution in [-0.4, -0.2) is 35.1 Å². The summed E-state index contributed by atoms with van der Waals surface area (Å²) < 4.78 is 0. The minimum atomic E-state index is -0.684. The van der Waals surface area contributed by atoms with Crippen LogP contribution >= 0.6 is 0 Å². The summed E-state index contributed by atoms with van der Waals surface area (Å²) in [6, 6.07) is 0.203. The molecule has 0 spiro atoms. The quantitative estimate of drug-likeness (QED) is 0.736. The average molecular weight is 199 g/mol. The van der Waals surface area contributed by atoms with Crippen molar-refractivity contribution in [2.75, 3.05) is 13.1 Å². The van der Waals surface area contributed by atoms with E-state index in [0.29, 0.717) is 0 Å². The summed E-state index contributed by atoms with van der Waals surface area (Å²) in [7, 11) is 0. The number of aliphatic carboxylic acids is 1. The van der Waals surface area contributed by atoms with Crippen LogP contribution in [0, 0.1) is 5.92 Å². The summed E-state index contributed by atoms with van der Waals surface area (Å²) in [4.78, 5) is 12.9. The van der Waals surface area contributed by atoms with Gasteiger partial charge in [0, 0.05) is 12.6 Å². The maximum absolute atomic E-state index is 10.5. The number of hydrogen-bond acceptors (Lipinski definition) is 2. The van der Waals surface area contributed by atoms with Crippen molar-refractivity contribution in [2.45, 2.75) is 45.6 Å². The summed E-state index contributed by atoms with van der Waals surface area (Å²) in [6.45, 7) is 6.41. The Morgan fingerprint density at radius 2 is 2.36 bits per heavy atom. The summed E-state index contributed by atoms with van der Waals surface area (Å²) in [6.07, 6.45) is 4.05. The average Bonchev–Trinajstić information content (AvgIpc) is 2.52. The van der Waals surface area contributed by atoms with Crippen LogP contribution in [0.15, 0.2) is 0 Å². The summed E-state index contributed by atoms with van der Waals surface area (Å²) in [5, 5.41) is 8.69. The minimum absolute atomic E-state index is 0.203. The molecule has 82 valence electrons. The molecule has 0 amide bonds. The van der Waals surface area contributed by atoms with Crippen LogP contribution < -0.4 is 0 Å². The molecule has 1 heterocycles. The van der Waals surface area contributed by atoms with E-state index >= 15 is 0 Å². The minimum Gasteiger partial charge on any atom is -0.481 e. The Morgan fingerprint density at radius 1 is 1.64 bits per heavy atom. The monoisotopic (exact) mass is 199 g/mol. The number of likely N-dealkylation sites (tertiary alicyclic amines) is 1. The molecule has 1 rings (SSSR count). The number of rotatable bonds is 5. The Kier molecular flexibility index (Phi) is 4.39. The molecule has 14 heavy (non-hydrogen) atoms. The van der Waals surface area contributed by atoms with Gasteiger partial charge in [-0.25, -0.2) is 0 Å². The van der Waals surface area contributed by atoms with E-state index < -0.39 is 5.97 Å². The SMILES string of the molecule is CCCC1CCN(C(C)CC(=O)O)C1. The Bertz CT molecular complexity index is 194. The second kappa shape index (κ2) is 5.35. The molecule has 2 atom stereocenters. The fourth-order valence-corrected chi connectivity index (χ4v) is 2.29. The molecule has 0 radical (unpaired) electrons. The van der Waals surface area contributed by atoms with Crippen LogP contribution in [0.2, 0.25) is 0 Å². The molecular formula is C11H21NO2. The van der Waals surface area contributed by atoms with Crippen LogP contribution in [0.4, 0.5) is 0 Å². The van der Waals surface area contributed by atoms with E-state index in [1.807, 2.05) is 6.92 Å². The molecule has 0 aliphatic carbocycles. The highest BCUT2D eigenvalue weighted by atomic mass is 16.4. The highest BCUT2D eigenvalue weighted by molar-refractivity contribution is 5.67. The predicted octanol–water partition coefficient (Wildman–Crippen LogP) is 1.97. The fourth-order valence-electron chi connectivity index (χ4n) is 2.29. The molecule has 1 fully saturated rings. The maximum atomic E-state index is 10.5. The van der Waals surface area contributed by atoms with Gasteiger partial charge in [-0.3, -0.25) is 9.69 Å². The van der Waals surface area contributed by atoms with Crippen LogP contribution in [0.5, 0.6) is 0 Å². The van der Waals surface area contributed by atoms with Crippen molar-refractivity contribution in [3.63, 3.8) is 0 Å². The zero-order valence-electron chi connectivity index (χ0n) is 9.20. The Hall–Kier alpha value is -0.570. The van der Waals surface area contributed by atoms with E-state index in [9.17, 15) is 4.79 Å². The van der Waals surface area contributed by atoms with Crippen LogP contribution in [0.25, 0.3) is 0 Å². The lowest BCUT2D eigenvalue weighted by Gasteiger charge is -2.22. The maximum Gasteiger partial charge on any atom is 0.304 e. The van der Waals surface area contributed by atoms with Crippen molar-refractivity contribution in [3.05, 3.63) is 0 Å². The van der Waals surface area contributed by atoms with Gasteiger partial charge in [0.25, 0.3) is 0 Å². The summed E-state index contributed by atoms with van der Waals surface area (Å²) >= 11 is 0. The van der Waals surface area contributed by atoms with E-state index in [0.717, 1.165) is 19.0 Å². The van der Waals surface area contributed by atoms with Crippen molar-refractivity contribution in [1.82, 2.24) is 4.90 Å². The van der Waals surface area contributed by atoms with Crippen LogP contribution in [0.3, 0.4) is 0 Å². The normalized spacial score (nSPS) is 25.1. The van der Waals surface area contributed by atoms with Crippen LogP contribution in [-0.2, 0) is 4.79 Å². The first kappa shape index (κ1) is 11.5. The molecule has 1 aliphatic heterocycles. The number of nitrogens with zero attached hydrogens (tertiary/aromatic N) is 1. The van der Waals surface area contributed by atoms with Crippen molar-refractivity contribution >= 4 is 5.97 Å². The van der Waals surface area contributed by atoms with Gasteiger partial charge in [0.05, 0.1) is 6.42 Å². The fraction of sp³-hybridized carbons (Fsp3) is 0.909. The first-order valence-electron chi connectivity index (χ1n) is 5.59. The molecule has 0 saturated carbocycles. The van der Waals surface area contributed by atoms with Crippen molar-refractivity contribution in [1.29, 1.82) is 0 Å². The first-order chi connectivity index (χ1) is 6.63. The van der Waals surface area contributed by atoms with E-state index in [-0.39, 0.29) is 12.5 Å². The number of carboxylic acid groups (broad SMARTS) is 1. The molecule has 3 heteroatoms. The number of hydrogen-bond donors (Lipinski definition) is 1. The standard InChI is InChI=1S/C11H21NO2/c1-3-4-10-5-6-12(8-10)9(2)7-11(13)14/h9-10H,3-8H2,1-2H3,(H,13,14). The summed E-state index contributed by atoms with van der Waals surface area (Å²) in [5.74, 6) is 0.118. The lowest BCUT2D eigenvalue weighted by molar-refractivity contribution is -0.138. The third kappa shape index (κ3) is 3.29. The third-order valence-corrected chi connectivity index (χ3v) is 3.11. The molecule has 0 bridgehead atoms. The van der Waals surface area contributed by atoms with Gasteiger partial charge in [0.15, 0.2) is 0 Å². The highest BCUT2D eigenvalue weighted by Crippen LogP contribution is 2.23. The van der Waals surface area contributed by atoms with E-state index in [2.05, 4.69) is 11.8 Å². The molecule has 0 aromatic carbocycles. The zero-order chi connectivity index (χ0) is 10.6. The Morgan fingerprint density at radius 3 is 2.93 bits per heavy atom. The molecule has 0 aromatic rings. The zero-order valence-corrected chi connectivity index (χ0v) is 9.20. The van der Waals surface area contributed by atoms with E-state index in [1.54, 1.807) is 0 Å². The van der Waals surface area contributed by atoms with Crippen LogP contribution in [0.1, 0.15) is 39.5 Å². The highest BCUT2D eigenvalue weighted by Gasteiger charge is 2.26. The molecule has 3 nitrogen and oxygen atoms in total. The molecular weight excluding hydrogens is 178 g/mol. The smallest absolute Gasteiger partial charge is 0.304 e. The lowest BCUT2D eigenvalue weighted by atomic mass is 10.0. The Balaban J connectivity index is 2.30. The third-order valence-electron chi connectivity index (χ3n) is 3.11.